The lowest BCUT2D eigenvalue weighted by Gasteiger charge is -2.34. The molecule has 2 heterocycles. The second-order valence-corrected chi connectivity index (χ2v) is 7.78. The Morgan fingerprint density at radius 3 is 2.63 bits per heavy atom. The van der Waals surface area contributed by atoms with E-state index in [-0.39, 0.29) is 36.2 Å². The molecular weight excluding hydrogens is 389 g/mol. The van der Waals surface area contributed by atoms with Crippen LogP contribution >= 0.6 is 23.2 Å². The number of ether oxygens (including phenoxy) is 1. The first-order valence-corrected chi connectivity index (χ1v) is 9.46. The zero-order chi connectivity index (χ0) is 19.9. The minimum Gasteiger partial charge on any atom is -0.462 e. The van der Waals surface area contributed by atoms with Gasteiger partial charge >= 0.3 is 0 Å². The Kier molecular flexibility index (Phi) is 5.49. The van der Waals surface area contributed by atoms with Crippen LogP contribution in [0.5, 0.6) is 6.01 Å². The number of carbonyl (C=O) groups excluding carboxylic acids is 1. The average Bonchev–Trinajstić information content (AvgIpc) is 2.61. The van der Waals surface area contributed by atoms with E-state index >= 15 is 0 Å². The van der Waals surface area contributed by atoms with Gasteiger partial charge in [0, 0.05) is 24.2 Å². The van der Waals surface area contributed by atoms with Gasteiger partial charge in [0.05, 0.1) is 28.4 Å². The molecule has 1 atom stereocenters. The second kappa shape index (κ2) is 7.52. The molecule has 1 aromatic carbocycles. The first kappa shape index (κ1) is 19.7. The third-order valence-corrected chi connectivity index (χ3v) is 5.29. The van der Waals surface area contributed by atoms with E-state index in [1.165, 1.54) is 4.57 Å². The van der Waals surface area contributed by atoms with Crippen LogP contribution in [-0.4, -0.2) is 32.5 Å². The number of nitrogens with zero attached hydrogens (tertiary/aromatic N) is 3. The molecule has 0 bridgehead atoms. The summed E-state index contributed by atoms with van der Waals surface area (Å²) in [6.07, 6.45) is 0.321. The van der Waals surface area contributed by atoms with E-state index in [0.717, 1.165) is 0 Å². The highest BCUT2D eigenvalue weighted by Crippen LogP contribution is 2.27. The van der Waals surface area contributed by atoms with Gasteiger partial charge in [-0.25, -0.2) is 0 Å². The first-order chi connectivity index (χ1) is 12.7. The Labute approximate surface area is 167 Å². The fraction of sp³-hybridized carbons (Fsp3) is 0.421. The van der Waals surface area contributed by atoms with Crippen LogP contribution in [0.25, 0.3) is 0 Å². The summed E-state index contributed by atoms with van der Waals surface area (Å²) in [4.78, 5) is 31.9. The summed E-state index contributed by atoms with van der Waals surface area (Å²) >= 11 is 12.0. The summed E-state index contributed by atoms with van der Waals surface area (Å²) < 4.78 is 7.06. The van der Waals surface area contributed by atoms with Crippen molar-refractivity contribution in [2.45, 2.75) is 45.9 Å². The van der Waals surface area contributed by atoms with Gasteiger partial charge in [0.15, 0.2) is 0 Å². The SMILES string of the molecule is CC(C)Oc1nc2c(c(=O)n1C)C[C@@H](C)N(C(=O)c1ccc(Cl)c(Cl)c1)C2. The molecule has 0 saturated carbocycles. The third kappa shape index (κ3) is 3.82. The highest BCUT2D eigenvalue weighted by molar-refractivity contribution is 6.42. The number of fused-ring (bicyclic) bond motifs is 1. The largest absolute Gasteiger partial charge is 0.462 e. The van der Waals surface area contributed by atoms with Crippen LogP contribution < -0.4 is 10.3 Å². The zero-order valence-corrected chi connectivity index (χ0v) is 17.1. The molecule has 0 spiro atoms. The molecule has 3 rings (SSSR count). The molecule has 0 fully saturated rings. The molecule has 0 unspecified atom stereocenters. The van der Waals surface area contributed by atoms with Crippen LogP contribution in [0.1, 0.15) is 42.4 Å². The topological polar surface area (TPSA) is 64.4 Å². The van der Waals surface area contributed by atoms with Crippen molar-refractivity contribution in [2.24, 2.45) is 7.05 Å². The number of hydrogen-bond donors (Lipinski definition) is 0. The minimum atomic E-state index is -0.180. The molecule has 27 heavy (non-hydrogen) atoms. The highest BCUT2D eigenvalue weighted by Gasteiger charge is 2.31. The normalized spacial score (nSPS) is 16.4. The molecule has 1 amide bonds. The van der Waals surface area contributed by atoms with Crippen molar-refractivity contribution in [3.8, 4) is 6.01 Å². The number of carbonyl (C=O) groups is 1. The lowest BCUT2D eigenvalue weighted by molar-refractivity contribution is 0.0650. The minimum absolute atomic E-state index is 0.113. The Morgan fingerprint density at radius 2 is 2.00 bits per heavy atom. The number of halogens is 2. The van der Waals surface area contributed by atoms with Gasteiger partial charge < -0.3 is 9.64 Å². The number of benzene rings is 1. The molecule has 1 aromatic heterocycles. The highest BCUT2D eigenvalue weighted by atomic mass is 35.5. The van der Waals surface area contributed by atoms with Gasteiger partial charge in [-0.2, -0.15) is 4.98 Å². The fourth-order valence-corrected chi connectivity index (χ4v) is 3.41. The van der Waals surface area contributed by atoms with Crippen LogP contribution in [0, 0.1) is 0 Å². The van der Waals surface area contributed by atoms with Gasteiger partial charge in [-0.05, 0) is 45.4 Å². The first-order valence-electron chi connectivity index (χ1n) is 8.70. The van der Waals surface area contributed by atoms with Gasteiger partial charge in [-0.3, -0.25) is 14.2 Å². The van der Waals surface area contributed by atoms with Crippen LogP contribution in [0.2, 0.25) is 10.0 Å². The maximum Gasteiger partial charge on any atom is 0.299 e. The van der Waals surface area contributed by atoms with Crippen molar-refractivity contribution < 1.29 is 9.53 Å². The Balaban J connectivity index is 1.97. The Bertz CT molecular complexity index is 956. The van der Waals surface area contributed by atoms with E-state index in [1.807, 2.05) is 20.8 Å². The van der Waals surface area contributed by atoms with Crippen molar-refractivity contribution in [3.63, 3.8) is 0 Å². The molecule has 0 N–H and O–H groups in total. The van der Waals surface area contributed by atoms with Gasteiger partial charge in [0.2, 0.25) is 0 Å². The summed E-state index contributed by atoms with van der Waals surface area (Å²) in [5.74, 6) is -0.180. The smallest absolute Gasteiger partial charge is 0.299 e. The van der Waals surface area contributed by atoms with Crippen molar-refractivity contribution in [1.82, 2.24) is 14.5 Å². The summed E-state index contributed by atoms with van der Waals surface area (Å²) in [5.41, 5.74) is 1.51. The molecule has 2 aromatic rings. The number of hydrogen-bond acceptors (Lipinski definition) is 4. The molecule has 144 valence electrons. The fourth-order valence-electron chi connectivity index (χ4n) is 3.11. The summed E-state index contributed by atoms with van der Waals surface area (Å²) in [7, 11) is 1.64. The van der Waals surface area contributed by atoms with Crippen LogP contribution in [-0.2, 0) is 20.0 Å². The number of amides is 1. The van der Waals surface area contributed by atoms with Crippen LogP contribution in [0.3, 0.4) is 0 Å². The van der Waals surface area contributed by atoms with E-state index in [4.69, 9.17) is 27.9 Å². The van der Waals surface area contributed by atoms with Gasteiger partial charge in [-0.15, -0.1) is 0 Å². The average molecular weight is 410 g/mol. The van der Waals surface area contributed by atoms with Crippen molar-refractivity contribution in [2.75, 3.05) is 0 Å². The molecular formula is C19H21Cl2N3O3. The van der Waals surface area contributed by atoms with Gasteiger partial charge in [0.25, 0.3) is 17.5 Å². The van der Waals surface area contributed by atoms with E-state index in [2.05, 4.69) is 4.98 Å². The molecule has 8 heteroatoms. The Morgan fingerprint density at radius 1 is 1.30 bits per heavy atom. The third-order valence-electron chi connectivity index (χ3n) is 4.55. The van der Waals surface area contributed by atoms with E-state index < -0.39 is 0 Å². The van der Waals surface area contributed by atoms with Gasteiger partial charge in [0.1, 0.15) is 0 Å². The molecule has 0 aliphatic carbocycles. The number of aromatic nitrogens is 2. The lowest BCUT2D eigenvalue weighted by Crippen LogP contribution is -2.45. The lowest BCUT2D eigenvalue weighted by atomic mass is 9.98. The predicted octanol–water partition coefficient (Wildman–Crippen LogP) is 3.46. The summed E-state index contributed by atoms with van der Waals surface area (Å²) in [6, 6.07) is 4.90. The van der Waals surface area contributed by atoms with Crippen molar-refractivity contribution in [3.05, 3.63) is 55.4 Å². The predicted molar refractivity (Wildman–Crippen MR) is 105 cm³/mol. The maximum absolute atomic E-state index is 13.0. The molecule has 1 aliphatic rings. The van der Waals surface area contributed by atoms with Crippen molar-refractivity contribution in [1.29, 1.82) is 0 Å². The molecule has 0 saturated heterocycles. The summed E-state index contributed by atoms with van der Waals surface area (Å²) in [5, 5.41) is 0.720. The van der Waals surface area contributed by atoms with E-state index in [0.29, 0.717) is 33.3 Å². The number of rotatable bonds is 3. The van der Waals surface area contributed by atoms with E-state index in [1.54, 1.807) is 30.1 Å². The standard InChI is InChI=1S/C19H21Cl2N3O3/c1-10(2)27-19-22-16-9-24(11(3)7-13(16)18(26)23(19)4)17(25)12-5-6-14(20)15(21)8-12/h5-6,8,10-11H,7,9H2,1-4H3/t11-/m1/s1. The zero-order valence-electron chi connectivity index (χ0n) is 15.6. The summed E-state index contributed by atoms with van der Waals surface area (Å²) in [6.45, 7) is 5.89. The molecule has 1 aliphatic heterocycles. The van der Waals surface area contributed by atoms with Crippen molar-refractivity contribution >= 4 is 29.1 Å². The van der Waals surface area contributed by atoms with E-state index in [9.17, 15) is 9.59 Å². The van der Waals surface area contributed by atoms with Gasteiger partial charge in [-0.1, -0.05) is 23.2 Å². The molecule has 0 radical (unpaired) electrons. The molecule has 6 nitrogen and oxygen atoms in total. The van der Waals surface area contributed by atoms with Crippen LogP contribution in [0.4, 0.5) is 0 Å². The second-order valence-electron chi connectivity index (χ2n) is 6.97. The van der Waals surface area contributed by atoms with Crippen LogP contribution in [0.15, 0.2) is 23.0 Å². The quantitative estimate of drug-likeness (QED) is 0.778. The Hall–Kier alpha value is -2.05. The maximum atomic E-state index is 13.0. The monoisotopic (exact) mass is 409 g/mol.